The van der Waals surface area contributed by atoms with Crippen LogP contribution >= 0.6 is 0 Å². The molecule has 0 aromatic rings. The molecule has 700 valence electrons. The molecular weight excluding hydrogens is 1650 g/mol. The highest BCUT2D eigenvalue weighted by Crippen LogP contribution is 2.40. The lowest BCUT2D eigenvalue weighted by Gasteiger charge is -2.50. The zero-order valence-electron chi connectivity index (χ0n) is 63.6. The van der Waals surface area contributed by atoms with Gasteiger partial charge in [0.25, 0.3) is 0 Å². The van der Waals surface area contributed by atoms with Crippen molar-refractivity contribution in [1.82, 2.24) is 10.6 Å². The van der Waals surface area contributed by atoms with E-state index in [1.54, 1.807) is 0 Å². The summed E-state index contributed by atoms with van der Waals surface area (Å²) in [6.07, 6.45) is -102. The molecule has 0 radical (unpaired) electrons. The average Bonchev–Trinajstić information content (AvgIpc) is 0.685. The molecule has 0 amide bonds. The molecule has 0 aliphatic carbocycles. The van der Waals surface area contributed by atoms with Crippen LogP contribution in [0.25, 0.3) is 0 Å². The SMILES string of the molecule is C[C@H]1O[C@H](O[C@H]2[C@H](O)[C@@H](O)[C@@H](O[C@H]3[C@H](O)[C@@H](O)[C@@H](N[C@H]4[C@H](O)[C@@H](O)[C@@H](O[C@H]5[C@H](O)[C@@H](O)[C@@H](O[C@H]6[C@H](O)[C@@H](O)[C@@H](O[C@H]7[C@H](O)[C@@H](O)[C@@H](O[C@@H]([C@H](O)[C@@H](O)C=O)[C@H](O)CO)O[C@@H]7CO)O[C@@H]6CO)O[C@@H]5CO)O[C@@H]4C)O[C@@H]3CO)O[C@@H]2CO)[C@H](O)[C@@H](O)[C@@H]1N[C@H]1O[C@H](CO)[C@@H](O[C@H]2O[C@H](CO)[C@@H](O[C@H]3O[C@H](CO)[C@@H](O)[C@H](O)[C@H]3O)[C@H](O)[C@H]2O)[C@H](O)[C@H]1O. The Bertz CT molecular complexity index is 3060. The van der Waals surface area contributed by atoms with Gasteiger partial charge < -0.3 is 259 Å². The molecule has 54 nitrogen and oxygen atoms in total. The highest BCUT2D eigenvalue weighted by molar-refractivity contribution is 5.56. The first-order valence-electron chi connectivity index (χ1n) is 38.4. The van der Waals surface area contributed by atoms with Gasteiger partial charge in [-0.2, -0.15) is 0 Å². The Morgan fingerprint density at radius 1 is 0.275 bits per heavy atom. The van der Waals surface area contributed by atoms with Gasteiger partial charge in [-0.25, -0.2) is 0 Å². The van der Waals surface area contributed by atoms with Crippen molar-refractivity contribution < 1.29 is 259 Å². The van der Waals surface area contributed by atoms with Crippen molar-refractivity contribution >= 4 is 6.29 Å². The molecule has 0 aromatic heterocycles. The number of nitrogens with one attached hydrogen (secondary N) is 2. The lowest BCUT2D eigenvalue weighted by Crippen LogP contribution is -2.71. The van der Waals surface area contributed by atoms with E-state index < -0.39 is 391 Å². The van der Waals surface area contributed by atoms with Crippen molar-refractivity contribution in [3.8, 4) is 0 Å². The lowest BCUT2D eigenvalue weighted by molar-refractivity contribution is -0.389. The molecule has 10 fully saturated rings. The first-order chi connectivity index (χ1) is 56.8. The molecule has 54 heteroatoms. The van der Waals surface area contributed by atoms with Gasteiger partial charge in [0.05, 0.1) is 83.8 Å². The van der Waals surface area contributed by atoms with E-state index in [-0.39, 0.29) is 6.29 Å². The second-order valence-corrected chi connectivity index (χ2v) is 30.7. The number of aldehydes is 1. The predicted molar refractivity (Wildman–Crippen MR) is 365 cm³/mol. The normalized spacial score (nSPS) is 51.7. The van der Waals surface area contributed by atoms with E-state index in [1.165, 1.54) is 13.8 Å². The van der Waals surface area contributed by atoms with Gasteiger partial charge in [-0.05, 0) is 13.8 Å². The summed E-state index contributed by atoms with van der Waals surface area (Å²) in [5.41, 5.74) is 0. The molecule has 0 spiro atoms. The summed E-state index contributed by atoms with van der Waals surface area (Å²) in [5, 5.41) is 363. The zero-order valence-corrected chi connectivity index (χ0v) is 63.6. The van der Waals surface area contributed by atoms with Gasteiger partial charge in [0.2, 0.25) is 0 Å². The van der Waals surface area contributed by atoms with E-state index >= 15 is 0 Å². The van der Waals surface area contributed by atoms with Crippen LogP contribution in [0.3, 0.4) is 0 Å². The molecular formula is C66H114N2O52. The van der Waals surface area contributed by atoms with Crippen LogP contribution in [0.4, 0.5) is 0 Å². The second-order valence-electron chi connectivity index (χ2n) is 30.7. The highest BCUT2D eigenvalue weighted by atomic mass is 16.8. The smallest absolute Gasteiger partial charge is 0.187 e. The number of carbonyl (C=O) groups excluding carboxylic acids is 1. The van der Waals surface area contributed by atoms with Crippen molar-refractivity contribution in [2.75, 3.05) is 59.5 Å². The van der Waals surface area contributed by atoms with Crippen LogP contribution in [0.5, 0.6) is 0 Å². The molecule has 10 heterocycles. The minimum atomic E-state index is -2.26. The Hall–Kier alpha value is -2.45. The lowest BCUT2D eigenvalue weighted by atomic mass is 9.93. The zero-order chi connectivity index (χ0) is 88.4. The molecule has 0 bridgehead atoms. The monoisotopic (exact) mass is 1770 g/mol. The van der Waals surface area contributed by atoms with Crippen molar-refractivity contribution in [2.24, 2.45) is 0 Å². The fourth-order valence-electron chi connectivity index (χ4n) is 15.8. The van der Waals surface area contributed by atoms with Gasteiger partial charge in [0.1, 0.15) is 257 Å². The van der Waals surface area contributed by atoms with Crippen LogP contribution in [0.1, 0.15) is 13.8 Å². The second kappa shape index (κ2) is 43.3. The molecule has 35 N–H and O–H groups in total. The fraction of sp³-hybridized carbons (Fsp3) is 0.985. The van der Waals surface area contributed by atoms with Crippen molar-refractivity contribution in [2.45, 2.75) is 345 Å². The molecule has 10 rings (SSSR count). The van der Waals surface area contributed by atoms with E-state index in [1.807, 2.05) is 0 Å². The number of aliphatic hydroxyl groups is 33. The quantitative estimate of drug-likeness (QED) is 0.0271. The summed E-state index contributed by atoms with van der Waals surface area (Å²) >= 11 is 0. The third-order valence-electron chi connectivity index (χ3n) is 22.8. The summed E-state index contributed by atoms with van der Waals surface area (Å²) < 4.78 is 102. The minimum Gasteiger partial charge on any atom is -0.394 e. The molecule has 0 aromatic carbocycles. The third kappa shape index (κ3) is 20.9. The number of hydrogen-bond acceptors (Lipinski definition) is 54. The van der Waals surface area contributed by atoms with Gasteiger partial charge in [-0.1, -0.05) is 0 Å². The van der Waals surface area contributed by atoms with Gasteiger partial charge in [0.15, 0.2) is 56.6 Å². The maximum absolute atomic E-state index is 11.6. The van der Waals surface area contributed by atoms with Crippen LogP contribution in [0.15, 0.2) is 0 Å². The van der Waals surface area contributed by atoms with E-state index in [2.05, 4.69) is 10.6 Å². The average molecular weight is 1770 g/mol. The molecule has 120 heavy (non-hydrogen) atoms. The van der Waals surface area contributed by atoms with Crippen LogP contribution < -0.4 is 10.6 Å². The highest BCUT2D eigenvalue weighted by Gasteiger charge is 2.61. The van der Waals surface area contributed by atoms with Crippen molar-refractivity contribution in [3.05, 3.63) is 0 Å². The molecule has 0 saturated carbocycles. The Kier molecular flexibility index (Phi) is 36.0. The molecule has 10 aliphatic heterocycles. The largest absolute Gasteiger partial charge is 0.394 e. The van der Waals surface area contributed by atoms with Crippen LogP contribution in [-0.4, -0.2) is 565 Å². The number of aliphatic hydroxyl groups excluding tert-OH is 33. The van der Waals surface area contributed by atoms with E-state index in [0.717, 1.165) is 0 Å². The Morgan fingerprint density at radius 2 is 0.500 bits per heavy atom. The van der Waals surface area contributed by atoms with Crippen molar-refractivity contribution in [1.29, 1.82) is 0 Å². The summed E-state index contributed by atoms with van der Waals surface area (Å²) in [4.78, 5) is 11.1. The topological polar surface area (TPSA) is 875 Å². The molecule has 0 unspecified atom stereocenters. The summed E-state index contributed by atoms with van der Waals surface area (Å²) in [6, 6.07) is -3.00. The van der Waals surface area contributed by atoms with Gasteiger partial charge in [-0.3, -0.25) is 10.6 Å². The number of carbonyl (C=O) groups is 1. The molecule has 10 aliphatic rings. The van der Waals surface area contributed by atoms with Crippen LogP contribution in [0.2, 0.25) is 0 Å². The van der Waals surface area contributed by atoms with Gasteiger partial charge in [0, 0.05) is 0 Å². The molecule has 10 saturated heterocycles. The maximum atomic E-state index is 11.6. The van der Waals surface area contributed by atoms with Crippen LogP contribution in [0, 0.1) is 0 Å². The summed E-state index contributed by atoms with van der Waals surface area (Å²) in [7, 11) is 0. The minimum absolute atomic E-state index is 0.143. The fourth-order valence-corrected chi connectivity index (χ4v) is 15.8. The number of hydrogen-bond donors (Lipinski definition) is 35. The Labute approximate surface area is 678 Å². The van der Waals surface area contributed by atoms with Gasteiger partial charge >= 0.3 is 0 Å². The van der Waals surface area contributed by atoms with E-state index in [4.69, 9.17) is 85.3 Å². The first kappa shape index (κ1) is 99.7. The number of rotatable bonds is 33. The van der Waals surface area contributed by atoms with Crippen LogP contribution in [-0.2, 0) is 90.1 Å². The third-order valence-corrected chi connectivity index (χ3v) is 22.8. The predicted octanol–water partition coefficient (Wildman–Crippen LogP) is -23.9. The van der Waals surface area contributed by atoms with Gasteiger partial charge in [-0.15, -0.1) is 0 Å². The van der Waals surface area contributed by atoms with E-state index in [0.29, 0.717) is 0 Å². The maximum Gasteiger partial charge on any atom is 0.187 e. The Morgan fingerprint density at radius 3 is 0.767 bits per heavy atom. The summed E-state index contributed by atoms with van der Waals surface area (Å²) in [5.74, 6) is 0. The van der Waals surface area contributed by atoms with E-state index in [9.17, 15) is 173 Å². The Balaban J connectivity index is 0.687. The van der Waals surface area contributed by atoms with Crippen molar-refractivity contribution in [3.63, 3.8) is 0 Å². The number of ether oxygens (including phenoxy) is 18. The standard InChI is InChI=1S/C66H114N2O52/c1-13-25(68-58-40(94)33(87)51(19(7-73)106-58)117-64-47(101)37(91)54(23(11-77)111-64)118-61-43(97)31(85)28(82)17(5-71)107-61)29(83)41(95)59(103-13)114-52-20(8-74)109-63(45(99)35(52)89)116-50-18(6-72)105-57(39(93)32(50)86)67-26-14(2)104-60(42(96)30(26)84)115-53-21(9-75)110-65(46(100)36(53)90)120-56-24(12-78)112-66(48(102)38(56)92)119-55-22(10-76)108-62(44(98)34(55)88)113-49(16(80)4-70)27(81)15(79)3-69/h3,13-68,70-102H,4-12H2,1-2H3/t13-,14-,15+,16-,17-,18-,19-,20-,21-,22-,23-,24-,25-,26-,27-,28-,29+,30+,31+,32-,33-,34-,35-,36-,37-,38-,39-,40-,41-,42-,43-,44-,45-,46-,47-,48-,49-,50-,51-,52-,53-,54-,55-,56-,57+,58+,59-,60-,61-,62-,63-,64-,65-,66-/m1/s1. The molecule has 54 atom stereocenters. The first-order valence-corrected chi connectivity index (χ1v) is 38.4. The summed E-state index contributed by atoms with van der Waals surface area (Å²) in [6.45, 7) is -6.77.